The second-order valence-electron chi connectivity index (χ2n) is 5.24. The fourth-order valence-corrected chi connectivity index (χ4v) is 2.11. The largest absolute Gasteiger partial charge is 0.508 e. The zero-order chi connectivity index (χ0) is 17.9. The van der Waals surface area contributed by atoms with Crippen LogP contribution in [-0.2, 0) is 14.3 Å². The molecule has 24 heavy (non-hydrogen) atoms. The summed E-state index contributed by atoms with van der Waals surface area (Å²) in [7, 11) is 0. The molecule has 0 aliphatic carbocycles. The van der Waals surface area contributed by atoms with E-state index in [1.807, 2.05) is 0 Å². The van der Waals surface area contributed by atoms with E-state index in [0.717, 1.165) is 6.08 Å². The maximum atomic E-state index is 11.6. The van der Waals surface area contributed by atoms with Gasteiger partial charge >= 0.3 is 5.97 Å². The van der Waals surface area contributed by atoms with Gasteiger partial charge in [0, 0.05) is 11.6 Å². The monoisotopic (exact) mass is 342 g/mol. The highest BCUT2D eigenvalue weighted by atomic mass is 16.6. The summed E-state index contributed by atoms with van der Waals surface area (Å²) in [5.74, 6) is -1.09. The quantitative estimate of drug-likeness (QED) is 0.217. The van der Waals surface area contributed by atoms with Gasteiger partial charge in [-0.2, -0.15) is 0 Å². The molecule has 0 aromatic heterocycles. The van der Waals surface area contributed by atoms with Crippen molar-refractivity contribution in [2.24, 2.45) is 0 Å². The molecule has 0 saturated carbocycles. The number of ether oxygens (including phenoxy) is 2. The van der Waals surface area contributed by atoms with Gasteiger partial charge in [-0.1, -0.05) is 0 Å². The number of aliphatic hydroxyl groups excluding tert-OH is 4. The summed E-state index contributed by atoms with van der Waals surface area (Å²) in [4.78, 5) is 11.6. The predicted octanol–water partition coefficient (Wildman–Crippen LogP) is -1.55. The first-order valence-corrected chi connectivity index (χ1v) is 7.04. The minimum absolute atomic E-state index is 0.0962. The van der Waals surface area contributed by atoms with Gasteiger partial charge in [0.2, 0.25) is 0 Å². The number of phenols is 2. The molecular weight excluding hydrogens is 324 g/mol. The van der Waals surface area contributed by atoms with Crippen LogP contribution >= 0.6 is 0 Å². The molecule has 0 radical (unpaired) electrons. The van der Waals surface area contributed by atoms with Crippen LogP contribution < -0.4 is 0 Å². The van der Waals surface area contributed by atoms with Gasteiger partial charge in [-0.05, 0) is 24.3 Å². The lowest BCUT2D eigenvalue weighted by molar-refractivity contribution is -0.287. The van der Waals surface area contributed by atoms with Crippen molar-refractivity contribution in [1.82, 2.24) is 0 Å². The van der Waals surface area contributed by atoms with Crippen LogP contribution in [0.25, 0.3) is 6.08 Å². The number of aromatic hydroxyl groups is 2. The van der Waals surface area contributed by atoms with Crippen LogP contribution in [-0.4, -0.2) is 73.9 Å². The number of rotatable bonds is 4. The molecule has 1 saturated heterocycles. The van der Waals surface area contributed by atoms with Crippen molar-refractivity contribution < 1.29 is 44.9 Å². The minimum atomic E-state index is -1.72. The molecule has 1 aliphatic rings. The molecule has 1 aromatic carbocycles. The van der Waals surface area contributed by atoms with Crippen LogP contribution in [0.15, 0.2) is 24.3 Å². The summed E-state index contributed by atoms with van der Waals surface area (Å²) in [5, 5.41) is 56.8. The number of benzene rings is 1. The van der Waals surface area contributed by atoms with Crippen molar-refractivity contribution in [3.63, 3.8) is 0 Å². The van der Waals surface area contributed by atoms with Crippen LogP contribution in [0, 0.1) is 0 Å². The molecule has 0 bridgehead atoms. The normalized spacial score (nSPS) is 30.4. The SMILES string of the molecule is O=C(C=Cc1cc(O)ccc1O)OC[C@H]1O[C@@H](O)[C@H](O)[C@@H](O)[C@@H]1O. The summed E-state index contributed by atoms with van der Waals surface area (Å²) in [6.07, 6.45) is -5.60. The molecule has 132 valence electrons. The summed E-state index contributed by atoms with van der Waals surface area (Å²) in [6.45, 7) is -0.475. The van der Waals surface area contributed by atoms with Crippen molar-refractivity contribution in [1.29, 1.82) is 0 Å². The van der Waals surface area contributed by atoms with Gasteiger partial charge in [-0.3, -0.25) is 0 Å². The van der Waals surface area contributed by atoms with Crippen LogP contribution in [0.5, 0.6) is 11.5 Å². The third kappa shape index (κ3) is 4.22. The number of carbonyl (C=O) groups excluding carboxylic acids is 1. The van der Waals surface area contributed by atoms with E-state index < -0.39 is 43.3 Å². The van der Waals surface area contributed by atoms with Crippen molar-refractivity contribution in [3.05, 3.63) is 29.8 Å². The lowest BCUT2D eigenvalue weighted by atomic mass is 9.99. The molecule has 9 nitrogen and oxygen atoms in total. The van der Waals surface area contributed by atoms with Gasteiger partial charge in [-0.15, -0.1) is 0 Å². The first kappa shape index (κ1) is 18.2. The third-order valence-electron chi connectivity index (χ3n) is 3.49. The molecule has 9 heteroatoms. The number of hydrogen-bond donors (Lipinski definition) is 6. The summed E-state index contributed by atoms with van der Waals surface area (Å²) in [6, 6.07) is 3.76. The number of hydrogen-bond acceptors (Lipinski definition) is 9. The van der Waals surface area contributed by atoms with E-state index in [4.69, 9.17) is 9.47 Å². The summed E-state index contributed by atoms with van der Waals surface area (Å²) >= 11 is 0. The van der Waals surface area contributed by atoms with E-state index in [-0.39, 0.29) is 17.1 Å². The zero-order valence-corrected chi connectivity index (χ0v) is 12.4. The maximum absolute atomic E-state index is 11.6. The van der Waals surface area contributed by atoms with Crippen LogP contribution in [0.1, 0.15) is 5.56 Å². The second-order valence-corrected chi connectivity index (χ2v) is 5.24. The Labute approximate surface area is 136 Å². The Kier molecular flexibility index (Phi) is 5.75. The number of esters is 1. The highest BCUT2D eigenvalue weighted by Gasteiger charge is 2.43. The van der Waals surface area contributed by atoms with Gasteiger partial charge in [0.25, 0.3) is 0 Å². The van der Waals surface area contributed by atoms with Gasteiger partial charge in [-0.25, -0.2) is 4.79 Å². The molecule has 1 aliphatic heterocycles. The first-order chi connectivity index (χ1) is 11.3. The Hall–Kier alpha value is -2.17. The molecule has 5 atom stereocenters. The fourth-order valence-electron chi connectivity index (χ4n) is 2.11. The van der Waals surface area contributed by atoms with E-state index in [0.29, 0.717) is 0 Å². The third-order valence-corrected chi connectivity index (χ3v) is 3.49. The summed E-state index contributed by atoms with van der Waals surface area (Å²) < 4.78 is 9.67. The average molecular weight is 342 g/mol. The van der Waals surface area contributed by atoms with E-state index in [9.17, 15) is 35.4 Å². The highest BCUT2D eigenvalue weighted by Crippen LogP contribution is 2.23. The molecule has 1 aromatic rings. The Bertz CT molecular complexity index is 615. The summed E-state index contributed by atoms with van der Waals surface area (Å²) in [5.41, 5.74) is 0.190. The smallest absolute Gasteiger partial charge is 0.330 e. The minimum Gasteiger partial charge on any atom is -0.508 e. The highest BCUT2D eigenvalue weighted by molar-refractivity contribution is 5.87. The van der Waals surface area contributed by atoms with E-state index >= 15 is 0 Å². The molecular formula is C15H18O9. The van der Waals surface area contributed by atoms with Crippen LogP contribution in [0.3, 0.4) is 0 Å². The van der Waals surface area contributed by atoms with Crippen molar-refractivity contribution in [2.75, 3.05) is 6.61 Å². The van der Waals surface area contributed by atoms with Crippen molar-refractivity contribution in [2.45, 2.75) is 30.7 Å². The van der Waals surface area contributed by atoms with Crippen LogP contribution in [0.4, 0.5) is 0 Å². The molecule has 0 amide bonds. The van der Waals surface area contributed by atoms with Gasteiger partial charge in [0.1, 0.15) is 42.5 Å². The maximum Gasteiger partial charge on any atom is 0.330 e. The molecule has 1 heterocycles. The number of phenolic OH excluding ortho intramolecular Hbond substituents is 2. The lowest BCUT2D eigenvalue weighted by Crippen LogP contribution is -2.58. The predicted molar refractivity (Wildman–Crippen MR) is 78.7 cm³/mol. The molecule has 0 unspecified atom stereocenters. The topological polar surface area (TPSA) is 157 Å². The molecule has 0 spiro atoms. The van der Waals surface area contributed by atoms with Crippen molar-refractivity contribution >= 4 is 12.0 Å². The Balaban J connectivity index is 1.91. The van der Waals surface area contributed by atoms with Gasteiger partial charge in [0.05, 0.1) is 0 Å². The Morgan fingerprint density at radius 2 is 1.83 bits per heavy atom. The van der Waals surface area contributed by atoms with Crippen molar-refractivity contribution in [3.8, 4) is 11.5 Å². The fraction of sp³-hybridized carbons (Fsp3) is 0.400. The molecule has 1 fully saturated rings. The zero-order valence-electron chi connectivity index (χ0n) is 12.4. The standard InChI is InChI=1S/C15H18O9/c16-8-2-3-9(17)7(5-8)1-4-11(18)23-6-10-12(19)13(20)14(21)15(22)24-10/h1-5,10,12-17,19-22H,6H2/t10-,12-,13+,14-,15-/m1/s1. The van der Waals surface area contributed by atoms with E-state index in [1.54, 1.807) is 0 Å². The number of aliphatic hydroxyl groups is 4. The average Bonchev–Trinajstić information content (AvgIpc) is 2.55. The Morgan fingerprint density at radius 1 is 1.12 bits per heavy atom. The van der Waals surface area contributed by atoms with Gasteiger partial charge < -0.3 is 40.1 Å². The van der Waals surface area contributed by atoms with E-state index in [2.05, 4.69) is 0 Å². The van der Waals surface area contributed by atoms with Crippen LogP contribution in [0.2, 0.25) is 0 Å². The molecule has 6 N–H and O–H groups in total. The molecule has 2 rings (SSSR count). The Morgan fingerprint density at radius 3 is 2.54 bits per heavy atom. The second kappa shape index (κ2) is 7.60. The number of carbonyl (C=O) groups is 1. The first-order valence-electron chi connectivity index (χ1n) is 7.04. The van der Waals surface area contributed by atoms with Gasteiger partial charge in [0.15, 0.2) is 6.29 Å². The van der Waals surface area contributed by atoms with E-state index in [1.165, 1.54) is 24.3 Å². The lowest BCUT2D eigenvalue weighted by Gasteiger charge is -2.37.